The van der Waals surface area contributed by atoms with Gasteiger partial charge in [-0.2, -0.15) is 4.98 Å². The van der Waals surface area contributed by atoms with E-state index in [1.807, 2.05) is 31.3 Å². The first-order chi connectivity index (χ1) is 7.88. The van der Waals surface area contributed by atoms with Crippen LogP contribution in [-0.2, 0) is 13.2 Å². The van der Waals surface area contributed by atoms with Gasteiger partial charge < -0.3 is 14.6 Å². The smallest absolute Gasteiger partial charge is 0.213 e. The zero-order valence-corrected chi connectivity index (χ0v) is 9.01. The third-order valence-corrected chi connectivity index (χ3v) is 2.08. The number of aromatic nitrogens is 2. The summed E-state index contributed by atoms with van der Waals surface area (Å²) in [4.78, 5) is 3.87. The predicted molar refractivity (Wildman–Crippen MR) is 57.8 cm³/mol. The fourth-order valence-corrected chi connectivity index (χ4v) is 1.31. The van der Waals surface area contributed by atoms with Gasteiger partial charge in [0.05, 0.1) is 0 Å². The Labute approximate surface area is 93.4 Å². The van der Waals surface area contributed by atoms with Crippen LogP contribution in [0.2, 0.25) is 0 Å². The van der Waals surface area contributed by atoms with Crippen molar-refractivity contribution in [1.29, 1.82) is 0 Å². The first-order valence-corrected chi connectivity index (χ1v) is 5.00. The third-order valence-electron chi connectivity index (χ3n) is 2.08. The Bertz CT molecular complexity index is 411. The van der Waals surface area contributed by atoms with Crippen LogP contribution in [0.4, 0.5) is 0 Å². The molecule has 0 saturated heterocycles. The third kappa shape index (κ3) is 2.80. The van der Waals surface area contributed by atoms with Crippen LogP contribution >= 0.6 is 0 Å². The molecule has 2 aromatic rings. The molecule has 0 bridgehead atoms. The highest BCUT2D eigenvalue weighted by Crippen LogP contribution is 2.13. The van der Waals surface area contributed by atoms with Crippen molar-refractivity contribution in [2.75, 3.05) is 7.05 Å². The van der Waals surface area contributed by atoms with Crippen molar-refractivity contribution in [3.8, 4) is 5.75 Å². The average Bonchev–Trinajstić information content (AvgIpc) is 2.82. The van der Waals surface area contributed by atoms with Crippen molar-refractivity contribution < 1.29 is 9.26 Å². The van der Waals surface area contributed by atoms with Crippen molar-refractivity contribution in [2.45, 2.75) is 13.2 Å². The standard InChI is InChI=1S/C11H13N3O2/c1-12-6-9-2-4-10(5-3-9)15-7-11-13-8-16-14-11/h2-5,8,12H,6-7H2,1H3. The zero-order valence-electron chi connectivity index (χ0n) is 9.01. The van der Waals surface area contributed by atoms with Gasteiger partial charge in [-0.3, -0.25) is 0 Å². The van der Waals surface area contributed by atoms with E-state index < -0.39 is 0 Å². The average molecular weight is 219 g/mol. The van der Waals surface area contributed by atoms with Crippen molar-refractivity contribution >= 4 is 0 Å². The summed E-state index contributed by atoms with van der Waals surface area (Å²) in [5, 5.41) is 6.74. The molecule has 0 aliphatic carbocycles. The number of nitrogens with zero attached hydrogens (tertiary/aromatic N) is 2. The van der Waals surface area contributed by atoms with Gasteiger partial charge >= 0.3 is 0 Å². The summed E-state index contributed by atoms with van der Waals surface area (Å²) in [6.45, 7) is 1.17. The molecule has 1 aromatic heterocycles. The van der Waals surface area contributed by atoms with E-state index in [0.717, 1.165) is 12.3 Å². The Morgan fingerprint density at radius 1 is 1.31 bits per heavy atom. The summed E-state index contributed by atoms with van der Waals surface area (Å²) in [7, 11) is 1.92. The SMILES string of the molecule is CNCc1ccc(OCc2ncon2)cc1. The second-order valence-electron chi connectivity index (χ2n) is 3.31. The maximum atomic E-state index is 5.48. The van der Waals surface area contributed by atoms with Crippen LogP contribution in [0, 0.1) is 0 Å². The maximum absolute atomic E-state index is 5.48. The lowest BCUT2D eigenvalue weighted by Crippen LogP contribution is -2.04. The number of nitrogens with one attached hydrogen (secondary N) is 1. The van der Waals surface area contributed by atoms with Crippen molar-refractivity contribution in [1.82, 2.24) is 15.5 Å². The fourth-order valence-electron chi connectivity index (χ4n) is 1.31. The lowest BCUT2D eigenvalue weighted by Gasteiger charge is -2.04. The summed E-state index contributed by atoms with van der Waals surface area (Å²) in [6, 6.07) is 7.88. The highest BCUT2D eigenvalue weighted by Gasteiger charge is 2.00. The molecule has 1 heterocycles. The summed E-state index contributed by atoms with van der Waals surface area (Å²) in [6.07, 6.45) is 1.29. The highest BCUT2D eigenvalue weighted by atomic mass is 16.5. The molecule has 0 saturated carbocycles. The van der Waals surface area contributed by atoms with Gasteiger partial charge in [-0.15, -0.1) is 0 Å². The summed E-state index contributed by atoms with van der Waals surface area (Å²) >= 11 is 0. The Hall–Kier alpha value is -1.88. The molecule has 0 aliphatic rings. The number of hydrogen-bond donors (Lipinski definition) is 1. The molecule has 0 amide bonds. The van der Waals surface area contributed by atoms with Crippen LogP contribution in [0.3, 0.4) is 0 Å². The van der Waals surface area contributed by atoms with Gasteiger partial charge in [0.25, 0.3) is 0 Å². The number of benzene rings is 1. The van der Waals surface area contributed by atoms with Crippen LogP contribution < -0.4 is 10.1 Å². The minimum Gasteiger partial charge on any atom is -0.485 e. The molecule has 0 radical (unpaired) electrons. The first-order valence-electron chi connectivity index (χ1n) is 5.00. The van der Waals surface area contributed by atoms with Crippen LogP contribution in [0.1, 0.15) is 11.4 Å². The zero-order chi connectivity index (χ0) is 11.2. The number of hydrogen-bond acceptors (Lipinski definition) is 5. The van der Waals surface area contributed by atoms with Crippen molar-refractivity contribution in [3.63, 3.8) is 0 Å². The lowest BCUT2D eigenvalue weighted by atomic mass is 10.2. The van der Waals surface area contributed by atoms with E-state index in [1.165, 1.54) is 12.0 Å². The van der Waals surface area contributed by atoms with Crippen molar-refractivity contribution in [2.24, 2.45) is 0 Å². The Kier molecular flexibility index (Phi) is 3.50. The van der Waals surface area contributed by atoms with Crippen LogP contribution in [0.15, 0.2) is 35.2 Å². The van der Waals surface area contributed by atoms with Gasteiger partial charge in [-0.1, -0.05) is 17.3 Å². The molecule has 2 rings (SSSR count). The Balaban J connectivity index is 1.90. The van der Waals surface area contributed by atoms with Crippen LogP contribution in [0.25, 0.3) is 0 Å². The minimum absolute atomic E-state index is 0.321. The van der Waals surface area contributed by atoms with Crippen LogP contribution in [-0.4, -0.2) is 17.2 Å². The molecule has 84 valence electrons. The second kappa shape index (κ2) is 5.27. The minimum atomic E-state index is 0.321. The molecule has 0 fully saturated rings. The van der Waals surface area contributed by atoms with E-state index in [1.54, 1.807) is 0 Å². The molecule has 0 spiro atoms. The van der Waals surface area contributed by atoms with Gasteiger partial charge in [0.15, 0.2) is 6.61 Å². The summed E-state index contributed by atoms with van der Waals surface area (Å²) in [5.41, 5.74) is 1.22. The highest BCUT2D eigenvalue weighted by molar-refractivity contribution is 5.27. The molecular formula is C11H13N3O2. The molecule has 16 heavy (non-hydrogen) atoms. The Morgan fingerprint density at radius 3 is 2.75 bits per heavy atom. The fraction of sp³-hybridized carbons (Fsp3) is 0.273. The normalized spacial score (nSPS) is 10.3. The van der Waals surface area contributed by atoms with Gasteiger partial charge in [0, 0.05) is 6.54 Å². The second-order valence-corrected chi connectivity index (χ2v) is 3.31. The van der Waals surface area contributed by atoms with Crippen LogP contribution in [0.5, 0.6) is 5.75 Å². The van der Waals surface area contributed by atoms with E-state index >= 15 is 0 Å². The van der Waals surface area contributed by atoms with Gasteiger partial charge in [0.2, 0.25) is 12.2 Å². The molecule has 0 aliphatic heterocycles. The summed E-state index contributed by atoms with van der Waals surface area (Å²) in [5.74, 6) is 1.34. The first kappa shape index (κ1) is 10.6. The number of rotatable bonds is 5. The van der Waals surface area contributed by atoms with Crippen molar-refractivity contribution in [3.05, 3.63) is 42.0 Å². The molecule has 0 atom stereocenters. The molecular weight excluding hydrogens is 206 g/mol. The number of ether oxygens (including phenoxy) is 1. The molecule has 1 N–H and O–H groups in total. The quantitative estimate of drug-likeness (QED) is 0.822. The van der Waals surface area contributed by atoms with Gasteiger partial charge in [-0.25, -0.2) is 0 Å². The lowest BCUT2D eigenvalue weighted by molar-refractivity contribution is 0.286. The molecule has 5 heteroatoms. The topological polar surface area (TPSA) is 60.2 Å². The summed E-state index contributed by atoms with van der Waals surface area (Å²) < 4.78 is 10.1. The van der Waals surface area contributed by atoms with E-state index in [4.69, 9.17) is 4.74 Å². The van der Waals surface area contributed by atoms with Gasteiger partial charge in [0.1, 0.15) is 5.75 Å². The molecule has 1 aromatic carbocycles. The Morgan fingerprint density at radius 2 is 2.12 bits per heavy atom. The van der Waals surface area contributed by atoms with E-state index in [-0.39, 0.29) is 0 Å². The van der Waals surface area contributed by atoms with E-state index in [9.17, 15) is 0 Å². The predicted octanol–water partition coefficient (Wildman–Crippen LogP) is 1.37. The monoisotopic (exact) mass is 219 g/mol. The molecule has 0 unspecified atom stereocenters. The largest absolute Gasteiger partial charge is 0.485 e. The van der Waals surface area contributed by atoms with E-state index in [2.05, 4.69) is 20.0 Å². The molecule has 5 nitrogen and oxygen atoms in total. The van der Waals surface area contributed by atoms with E-state index in [0.29, 0.717) is 12.4 Å². The maximum Gasteiger partial charge on any atom is 0.213 e. The van der Waals surface area contributed by atoms with Gasteiger partial charge in [-0.05, 0) is 24.7 Å².